The van der Waals surface area contributed by atoms with E-state index < -0.39 is 78.5 Å². The molecule has 14 heteroatoms. The third kappa shape index (κ3) is 22.4. The van der Waals surface area contributed by atoms with E-state index in [0.29, 0.717) is 12.8 Å². The van der Waals surface area contributed by atoms with Crippen molar-refractivity contribution in [2.24, 2.45) is 0 Å². The molecule has 1 aliphatic rings. The average Bonchev–Trinajstić information content (AvgIpc) is 3.09. The minimum absolute atomic E-state index is 0.221. The number of carbonyl (C=O) groups is 1. The summed E-state index contributed by atoms with van der Waals surface area (Å²) in [4.78, 5) is 13.0. The fraction of sp³-hybridized carbons (Fsp3) is 0.865. The van der Waals surface area contributed by atoms with Crippen LogP contribution in [-0.2, 0) is 28.9 Å². The molecule has 1 aliphatic heterocycles. The van der Waals surface area contributed by atoms with Crippen molar-refractivity contribution in [1.29, 1.82) is 0 Å². The molecular formula is C37H69NO12S. The molecule has 0 aromatic rings. The lowest BCUT2D eigenvalue weighted by atomic mass is 9.99. The molecule has 0 aromatic heterocycles. The van der Waals surface area contributed by atoms with Crippen molar-refractivity contribution < 1.29 is 57.0 Å². The Balaban J connectivity index is 2.73. The molecule has 8 unspecified atom stereocenters. The maximum atomic E-state index is 13.0. The van der Waals surface area contributed by atoms with Gasteiger partial charge < -0.3 is 40.3 Å². The Kier molecular flexibility index (Phi) is 27.0. The summed E-state index contributed by atoms with van der Waals surface area (Å²) >= 11 is 0. The van der Waals surface area contributed by atoms with Crippen LogP contribution in [0.25, 0.3) is 0 Å². The lowest BCUT2D eigenvalue weighted by molar-refractivity contribution is -0.298. The predicted octanol–water partition coefficient (Wildman–Crippen LogP) is 4.79. The smallest absolute Gasteiger partial charge is 0.394 e. The van der Waals surface area contributed by atoms with Crippen molar-refractivity contribution in [3.63, 3.8) is 0 Å². The summed E-state index contributed by atoms with van der Waals surface area (Å²) in [5, 5.41) is 54.7. The number of amides is 1. The van der Waals surface area contributed by atoms with Gasteiger partial charge in [-0.05, 0) is 38.5 Å². The van der Waals surface area contributed by atoms with Crippen LogP contribution in [0.2, 0.25) is 0 Å². The lowest BCUT2D eigenvalue weighted by Gasteiger charge is -2.41. The number of rotatable bonds is 31. The second-order valence-corrected chi connectivity index (χ2v) is 14.7. The summed E-state index contributed by atoms with van der Waals surface area (Å²) in [6, 6.07) is -1.12. The molecule has 1 rings (SSSR count). The van der Waals surface area contributed by atoms with Gasteiger partial charge in [0.25, 0.3) is 0 Å². The van der Waals surface area contributed by atoms with E-state index in [-0.39, 0.29) is 6.42 Å². The molecule has 0 aliphatic carbocycles. The number of nitrogens with one attached hydrogen (secondary N) is 1. The van der Waals surface area contributed by atoms with Crippen molar-refractivity contribution in [3.05, 3.63) is 24.3 Å². The molecule has 0 spiro atoms. The second-order valence-electron chi connectivity index (χ2n) is 13.7. The molecule has 51 heavy (non-hydrogen) atoms. The van der Waals surface area contributed by atoms with E-state index in [4.69, 9.17) is 14.0 Å². The van der Waals surface area contributed by atoms with E-state index in [1.807, 2.05) is 6.08 Å². The van der Waals surface area contributed by atoms with Crippen molar-refractivity contribution in [1.82, 2.24) is 5.32 Å². The van der Waals surface area contributed by atoms with Crippen molar-refractivity contribution in [2.45, 2.75) is 191 Å². The minimum atomic E-state index is -5.11. The summed E-state index contributed by atoms with van der Waals surface area (Å²) in [6.07, 6.45) is 17.2. The van der Waals surface area contributed by atoms with Gasteiger partial charge in [-0.3, -0.25) is 9.35 Å². The summed E-state index contributed by atoms with van der Waals surface area (Å²) in [5.74, 6) is -0.720. The number of allylic oxidation sites excluding steroid dienone is 3. The molecule has 7 N–H and O–H groups in total. The van der Waals surface area contributed by atoms with Gasteiger partial charge in [-0.2, -0.15) is 8.42 Å². The van der Waals surface area contributed by atoms with Crippen LogP contribution in [0, 0.1) is 0 Å². The highest BCUT2D eigenvalue weighted by Crippen LogP contribution is 2.26. The molecule has 0 bridgehead atoms. The third-order valence-electron chi connectivity index (χ3n) is 9.08. The Morgan fingerprint density at radius 1 is 0.784 bits per heavy atom. The molecule has 1 fully saturated rings. The van der Waals surface area contributed by atoms with Gasteiger partial charge in [0.2, 0.25) is 5.91 Å². The van der Waals surface area contributed by atoms with Gasteiger partial charge in [0.05, 0.1) is 25.4 Å². The molecule has 300 valence electrons. The number of aliphatic hydroxyl groups is 5. The fourth-order valence-corrected chi connectivity index (χ4v) is 6.42. The summed E-state index contributed by atoms with van der Waals surface area (Å²) in [6.45, 7) is 3.10. The normalized spacial score (nSPS) is 23.2. The van der Waals surface area contributed by atoms with Gasteiger partial charge in [0, 0.05) is 0 Å². The molecule has 13 nitrogen and oxygen atoms in total. The van der Waals surface area contributed by atoms with Crippen LogP contribution in [0.5, 0.6) is 0 Å². The van der Waals surface area contributed by atoms with E-state index in [1.165, 1.54) is 57.4 Å². The zero-order valence-electron chi connectivity index (χ0n) is 31.0. The average molecular weight is 752 g/mol. The van der Waals surface area contributed by atoms with Gasteiger partial charge in [-0.1, -0.05) is 128 Å². The molecule has 1 amide bonds. The van der Waals surface area contributed by atoms with E-state index in [9.17, 15) is 38.7 Å². The largest absolute Gasteiger partial charge is 0.397 e. The maximum Gasteiger partial charge on any atom is 0.397 e. The number of ether oxygens (including phenoxy) is 2. The van der Waals surface area contributed by atoms with E-state index in [1.54, 1.807) is 0 Å². The van der Waals surface area contributed by atoms with Crippen LogP contribution in [-0.4, -0.2) is 107 Å². The number of hydrogen-bond donors (Lipinski definition) is 7. The third-order valence-corrected chi connectivity index (χ3v) is 9.55. The van der Waals surface area contributed by atoms with Crippen LogP contribution in [0.15, 0.2) is 24.3 Å². The molecular weight excluding hydrogens is 682 g/mol. The van der Waals surface area contributed by atoms with Gasteiger partial charge in [0.15, 0.2) is 6.29 Å². The Hall–Kier alpha value is -1.46. The first kappa shape index (κ1) is 47.6. The summed E-state index contributed by atoms with van der Waals surface area (Å²) < 4.78 is 47.2. The highest BCUT2D eigenvalue weighted by Gasteiger charge is 2.48. The number of carbonyl (C=O) groups excluding carboxylic acids is 1. The fourth-order valence-electron chi connectivity index (χ4n) is 5.91. The predicted molar refractivity (Wildman–Crippen MR) is 196 cm³/mol. The lowest BCUT2D eigenvalue weighted by Crippen LogP contribution is -2.61. The number of aliphatic hydroxyl groups excluding tert-OH is 5. The van der Waals surface area contributed by atoms with E-state index in [2.05, 4.69) is 35.5 Å². The molecule has 0 aromatic carbocycles. The SMILES string of the molecule is CCCC/C=C\CCCCCC(O)C(=O)NC(COC1OC(CO)C(O)C(OS(=O)(=O)O)C1O)C(O)/C=C/CCCCCCCCCCCCC. The molecule has 1 heterocycles. The van der Waals surface area contributed by atoms with Crippen LogP contribution in [0.4, 0.5) is 0 Å². The first-order valence-corrected chi connectivity index (χ1v) is 20.7. The van der Waals surface area contributed by atoms with Gasteiger partial charge >= 0.3 is 10.4 Å². The van der Waals surface area contributed by atoms with E-state index >= 15 is 0 Å². The van der Waals surface area contributed by atoms with Crippen LogP contribution in [0.1, 0.15) is 142 Å². The van der Waals surface area contributed by atoms with Gasteiger partial charge in [-0.15, -0.1) is 0 Å². The summed E-state index contributed by atoms with van der Waals surface area (Å²) in [7, 11) is -5.11. The first-order valence-electron chi connectivity index (χ1n) is 19.3. The Labute approximate surface area is 306 Å². The number of unbranched alkanes of at least 4 members (excludes halogenated alkanes) is 16. The van der Waals surface area contributed by atoms with Crippen molar-refractivity contribution in [2.75, 3.05) is 13.2 Å². The zero-order valence-corrected chi connectivity index (χ0v) is 31.8. The Morgan fingerprint density at radius 3 is 1.88 bits per heavy atom. The standard InChI is InChI=1S/C37H69NO12S/c1-3-5-7-9-11-13-14-15-16-18-19-21-23-25-30(40)29(38-36(44)31(41)26-24-22-20-17-12-10-8-6-4-2)28-48-37-34(43)35(50-51(45,46)47)33(42)32(27-39)49-37/h10,12,23,25,29-35,37,39-43H,3-9,11,13-22,24,26-28H2,1-2H3,(H,38,44)(H,45,46,47)/b12-10-,25-23+. The van der Waals surface area contributed by atoms with Crippen LogP contribution >= 0.6 is 0 Å². The second kappa shape index (κ2) is 29.0. The topological polar surface area (TPSA) is 212 Å². The molecule has 0 saturated carbocycles. The zero-order chi connectivity index (χ0) is 37.9. The Bertz CT molecular complexity index is 1040. The Morgan fingerprint density at radius 2 is 1.31 bits per heavy atom. The van der Waals surface area contributed by atoms with Crippen molar-refractivity contribution >= 4 is 16.3 Å². The molecule has 1 saturated heterocycles. The first-order chi connectivity index (χ1) is 24.4. The van der Waals surface area contributed by atoms with E-state index in [0.717, 1.165) is 57.8 Å². The molecule has 8 atom stereocenters. The van der Waals surface area contributed by atoms with Gasteiger partial charge in [0.1, 0.15) is 30.5 Å². The minimum Gasteiger partial charge on any atom is -0.394 e. The molecule has 0 radical (unpaired) electrons. The maximum absolute atomic E-state index is 13.0. The van der Waals surface area contributed by atoms with Crippen molar-refractivity contribution in [3.8, 4) is 0 Å². The number of hydrogen-bond acceptors (Lipinski definition) is 11. The summed E-state index contributed by atoms with van der Waals surface area (Å²) in [5.41, 5.74) is 0. The van der Waals surface area contributed by atoms with Gasteiger partial charge in [-0.25, -0.2) is 4.18 Å². The quantitative estimate of drug-likeness (QED) is 0.0290. The van der Waals surface area contributed by atoms with Crippen LogP contribution in [0.3, 0.4) is 0 Å². The highest BCUT2D eigenvalue weighted by molar-refractivity contribution is 7.80. The highest BCUT2D eigenvalue weighted by atomic mass is 32.3. The van der Waals surface area contributed by atoms with Crippen LogP contribution < -0.4 is 5.32 Å². The monoisotopic (exact) mass is 751 g/mol.